The van der Waals surface area contributed by atoms with Crippen molar-refractivity contribution in [3.63, 3.8) is 0 Å². The second kappa shape index (κ2) is 7.57. The number of rotatable bonds is 7. The summed E-state index contributed by atoms with van der Waals surface area (Å²) in [5.41, 5.74) is 0. The Balaban J connectivity index is 2.45. The van der Waals surface area contributed by atoms with Crippen LogP contribution in [0.3, 0.4) is 0 Å². The maximum atomic E-state index is 11.2. The molecule has 0 saturated carbocycles. The van der Waals surface area contributed by atoms with Crippen LogP contribution in [-0.2, 0) is 14.6 Å². The average molecular weight is 292 g/mol. The van der Waals surface area contributed by atoms with Crippen LogP contribution in [0.5, 0.6) is 0 Å². The Labute approximate surface area is 117 Å². The summed E-state index contributed by atoms with van der Waals surface area (Å²) in [5, 5.41) is 3.27. The standard InChI is InChI=1S/C13H28N2O3S/c1-11(2)15-7-8-18-13(10-15)12(14-3)6-5-9-19(4,16)17/h11-14H,5-10H2,1-4H3. The van der Waals surface area contributed by atoms with Gasteiger partial charge in [0.2, 0.25) is 0 Å². The third-order valence-corrected chi connectivity index (χ3v) is 4.74. The largest absolute Gasteiger partial charge is 0.374 e. The van der Waals surface area contributed by atoms with Crippen molar-refractivity contribution in [2.24, 2.45) is 0 Å². The molecule has 1 N–H and O–H groups in total. The Morgan fingerprint density at radius 1 is 1.42 bits per heavy atom. The van der Waals surface area contributed by atoms with Gasteiger partial charge in [-0.15, -0.1) is 0 Å². The topological polar surface area (TPSA) is 58.6 Å². The van der Waals surface area contributed by atoms with Crippen LogP contribution < -0.4 is 5.32 Å². The van der Waals surface area contributed by atoms with Crippen LogP contribution in [0.25, 0.3) is 0 Å². The monoisotopic (exact) mass is 292 g/mol. The molecule has 0 aromatic rings. The van der Waals surface area contributed by atoms with Crippen LogP contribution in [0.1, 0.15) is 26.7 Å². The van der Waals surface area contributed by atoms with Gasteiger partial charge in [-0.1, -0.05) is 0 Å². The molecule has 1 saturated heterocycles. The first-order valence-electron chi connectivity index (χ1n) is 7.04. The predicted octanol–water partition coefficient (Wildman–Crippen LogP) is 0.508. The predicted molar refractivity (Wildman–Crippen MR) is 78.2 cm³/mol. The lowest BCUT2D eigenvalue weighted by Crippen LogP contribution is -2.53. The Morgan fingerprint density at radius 2 is 2.11 bits per heavy atom. The molecule has 1 aliphatic rings. The Kier molecular flexibility index (Phi) is 6.73. The molecule has 114 valence electrons. The van der Waals surface area contributed by atoms with Crippen LogP contribution in [0, 0.1) is 0 Å². The van der Waals surface area contributed by atoms with Crippen LogP contribution in [0.4, 0.5) is 0 Å². The highest BCUT2D eigenvalue weighted by Gasteiger charge is 2.28. The number of hydrogen-bond donors (Lipinski definition) is 1. The first-order chi connectivity index (χ1) is 8.83. The van der Waals surface area contributed by atoms with Crippen LogP contribution >= 0.6 is 0 Å². The van der Waals surface area contributed by atoms with E-state index in [1.54, 1.807) is 0 Å². The number of likely N-dealkylation sites (N-methyl/N-ethyl adjacent to an activating group) is 1. The number of sulfone groups is 1. The zero-order valence-electron chi connectivity index (χ0n) is 12.6. The third kappa shape index (κ3) is 6.21. The van der Waals surface area contributed by atoms with Gasteiger partial charge < -0.3 is 10.1 Å². The highest BCUT2D eigenvalue weighted by Crippen LogP contribution is 2.15. The van der Waals surface area contributed by atoms with E-state index in [1.807, 2.05) is 7.05 Å². The fourth-order valence-electron chi connectivity index (χ4n) is 2.49. The van der Waals surface area contributed by atoms with E-state index in [-0.39, 0.29) is 17.9 Å². The Morgan fingerprint density at radius 3 is 2.63 bits per heavy atom. The minimum absolute atomic E-state index is 0.153. The Bertz CT molecular complexity index is 357. The molecule has 2 unspecified atom stereocenters. The van der Waals surface area contributed by atoms with E-state index in [2.05, 4.69) is 24.1 Å². The van der Waals surface area contributed by atoms with E-state index >= 15 is 0 Å². The highest BCUT2D eigenvalue weighted by atomic mass is 32.2. The second-order valence-electron chi connectivity index (χ2n) is 5.67. The molecule has 1 aliphatic heterocycles. The number of nitrogens with one attached hydrogen (secondary N) is 1. The van der Waals surface area contributed by atoms with Crippen molar-refractivity contribution in [1.82, 2.24) is 10.2 Å². The number of hydrogen-bond acceptors (Lipinski definition) is 5. The fraction of sp³-hybridized carbons (Fsp3) is 1.00. The van der Waals surface area contributed by atoms with Crippen LogP contribution in [0.2, 0.25) is 0 Å². The molecule has 1 heterocycles. The quantitative estimate of drug-likeness (QED) is 0.741. The van der Waals surface area contributed by atoms with Crippen LogP contribution in [-0.4, -0.2) is 70.3 Å². The molecule has 1 fully saturated rings. The molecular weight excluding hydrogens is 264 g/mol. The van der Waals surface area contributed by atoms with Gasteiger partial charge in [-0.2, -0.15) is 0 Å². The van der Waals surface area contributed by atoms with Gasteiger partial charge in [0.1, 0.15) is 9.84 Å². The van der Waals surface area contributed by atoms with Crippen molar-refractivity contribution in [3.8, 4) is 0 Å². The minimum Gasteiger partial charge on any atom is -0.374 e. The molecule has 6 heteroatoms. The maximum absolute atomic E-state index is 11.2. The number of morpholine rings is 1. The Hall–Kier alpha value is -0.170. The smallest absolute Gasteiger partial charge is 0.147 e. The van der Waals surface area contributed by atoms with Gasteiger partial charge in [0.15, 0.2) is 0 Å². The van der Waals surface area contributed by atoms with Crippen molar-refractivity contribution in [2.75, 3.05) is 38.8 Å². The summed E-state index contributed by atoms with van der Waals surface area (Å²) in [5.74, 6) is 0.256. The van der Waals surface area contributed by atoms with Crippen molar-refractivity contribution in [2.45, 2.75) is 44.9 Å². The molecule has 0 aromatic heterocycles. The van der Waals surface area contributed by atoms with Gasteiger partial charge in [-0.3, -0.25) is 4.90 Å². The molecule has 2 atom stereocenters. The van der Waals surface area contributed by atoms with Gasteiger partial charge >= 0.3 is 0 Å². The van der Waals surface area contributed by atoms with E-state index in [0.717, 1.165) is 26.1 Å². The zero-order chi connectivity index (χ0) is 14.5. The normalized spacial score (nSPS) is 23.7. The van der Waals surface area contributed by atoms with E-state index < -0.39 is 9.84 Å². The van der Waals surface area contributed by atoms with E-state index in [4.69, 9.17) is 4.74 Å². The van der Waals surface area contributed by atoms with Gasteiger partial charge in [0, 0.05) is 37.2 Å². The molecule has 0 aromatic carbocycles. The minimum atomic E-state index is -2.86. The third-order valence-electron chi connectivity index (χ3n) is 3.71. The number of nitrogens with zero attached hydrogens (tertiary/aromatic N) is 1. The molecule has 0 bridgehead atoms. The van der Waals surface area contributed by atoms with Gasteiger partial charge in [-0.05, 0) is 33.7 Å². The summed E-state index contributed by atoms with van der Waals surface area (Å²) < 4.78 is 28.2. The SMILES string of the molecule is CNC(CCCS(C)(=O)=O)C1CN(C(C)C)CCO1. The van der Waals surface area contributed by atoms with Gasteiger partial charge in [0.25, 0.3) is 0 Å². The first kappa shape index (κ1) is 16.9. The fourth-order valence-corrected chi connectivity index (χ4v) is 3.18. The summed E-state index contributed by atoms with van der Waals surface area (Å²) >= 11 is 0. The number of ether oxygens (including phenoxy) is 1. The van der Waals surface area contributed by atoms with Crippen molar-refractivity contribution in [3.05, 3.63) is 0 Å². The molecule has 0 radical (unpaired) electrons. The van der Waals surface area contributed by atoms with Crippen LogP contribution in [0.15, 0.2) is 0 Å². The summed E-state index contributed by atoms with van der Waals surface area (Å²) in [4.78, 5) is 2.41. The lowest BCUT2D eigenvalue weighted by Gasteiger charge is -2.39. The van der Waals surface area contributed by atoms with Gasteiger partial charge in [-0.25, -0.2) is 8.42 Å². The molecule has 1 rings (SSSR count). The molecule has 5 nitrogen and oxygen atoms in total. The second-order valence-corrected chi connectivity index (χ2v) is 7.92. The highest BCUT2D eigenvalue weighted by molar-refractivity contribution is 7.90. The van der Waals surface area contributed by atoms with E-state index in [0.29, 0.717) is 12.5 Å². The lowest BCUT2D eigenvalue weighted by molar-refractivity contribution is -0.0554. The van der Waals surface area contributed by atoms with Crippen molar-refractivity contribution in [1.29, 1.82) is 0 Å². The average Bonchev–Trinajstić information content (AvgIpc) is 2.33. The zero-order valence-corrected chi connectivity index (χ0v) is 13.4. The van der Waals surface area contributed by atoms with E-state index in [1.165, 1.54) is 6.26 Å². The van der Waals surface area contributed by atoms with Gasteiger partial charge in [0.05, 0.1) is 12.7 Å². The molecule has 0 amide bonds. The summed E-state index contributed by atoms with van der Waals surface area (Å²) in [6, 6.07) is 0.753. The maximum Gasteiger partial charge on any atom is 0.147 e. The summed E-state index contributed by atoms with van der Waals surface area (Å²) in [6.07, 6.45) is 2.96. The molecule has 0 spiro atoms. The molecule has 0 aliphatic carbocycles. The van der Waals surface area contributed by atoms with E-state index in [9.17, 15) is 8.42 Å². The first-order valence-corrected chi connectivity index (χ1v) is 9.10. The summed E-state index contributed by atoms with van der Waals surface area (Å²) in [6.45, 7) is 7.05. The van der Waals surface area contributed by atoms with Crippen molar-refractivity contribution >= 4 is 9.84 Å². The lowest BCUT2D eigenvalue weighted by atomic mass is 10.0. The molecule has 19 heavy (non-hydrogen) atoms. The molecular formula is C13H28N2O3S. The summed E-state index contributed by atoms with van der Waals surface area (Å²) in [7, 11) is -0.943. The van der Waals surface area contributed by atoms with Crippen molar-refractivity contribution < 1.29 is 13.2 Å².